The summed E-state index contributed by atoms with van der Waals surface area (Å²) in [7, 11) is 0. The van der Waals surface area contributed by atoms with Crippen molar-refractivity contribution < 1.29 is 0 Å². The van der Waals surface area contributed by atoms with Crippen molar-refractivity contribution >= 4 is 5.96 Å². The number of hydrogen-bond donors (Lipinski definition) is 1. The number of likely N-dealkylation sites (tertiary alicyclic amines) is 1. The van der Waals surface area contributed by atoms with Crippen molar-refractivity contribution in [2.45, 2.75) is 52.6 Å². The van der Waals surface area contributed by atoms with E-state index in [1.807, 2.05) is 0 Å². The van der Waals surface area contributed by atoms with E-state index in [0.29, 0.717) is 12.5 Å². The van der Waals surface area contributed by atoms with E-state index in [0.717, 1.165) is 19.6 Å². The minimum atomic E-state index is 0.652. The van der Waals surface area contributed by atoms with Gasteiger partial charge in [0.25, 0.3) is 0 Å². The van der Waals surface area contributed by atoms with Crippen LogP contribution in [-0.2, 0) is 13.1 Å². The van der Waals surface area contributed by atoms with Crippen LogP contribution in [0.2, 0.25) is 0 Å². The molecular formula is C19H32N4. The third kappa shape index (κ3) is 5.54. The molecule has 4 heteroatoms. The highest BCUT2D eigenvalue weighted by atomic mass is 15.2. The molecule has 0 atom stereocenters. The molecule has 1 aromatic rings. The maximum atomic E-state index is 6.11. The molecule has 0 saturated carbocycles. The quantitative estimate of drug-likeness (QED) is 0.647. The molecule has 1 aliphatic rings. The molecule has 0 aliphatic carbocycles. The van der Waals surface area contributed by atoms with E-state index < -0.39 is 0 Å². The molecule has 1 saturated heterocycles. The molecule has 2 rings (SSSR count). The van der Waals surface area contributed by atoms with Crippen LogP contribution >= 0.6 is 0 Å². The summed E-state index contributed by atoms with van der Waals surface area (Å²) in [6.07, 6.45) is 5.41. The molecule has 1 aliphatic heterocycles. The summed E-state index contributed by atoms with van der Waals surface area (Å²) >= 11 is 0. The van der Waals surface area contributed by atoms with Gasteiger partial charge in [-0.15, -0.1) is 0 Å². The highest BCUT2D eigenvalue weighted by Crippen LogP contribution is 2.17. The van der Waals surface area contributed by atoms with Gasteiger partial charge in [0, 0.05) is 19.6 Å². The third-order valence-electron chi connectivity index (χ3n) is 4.71. The van der Waals surface area contributed by atoms with Crippen molar-refractivity contribution in [3.8, 4) is 0 Å². The van der Waals surface area contributed by atoms with Crippen LogP contribution in [-0.4, -0.2) is 41.9 Å². The highest BCUT2D eigenvalue weighted by molar-refractivity contribution is 5.78. The third-order valence-corrected chi connectivity index (χ3v) is 4.71. The number of aliphatic imine (C=N–C) groups is 1. The van der Waals surface area contributed by atoms with Crippen LogP contribution < -0.4 is 5.73 Å². The molecule has 0 radical (unpaired) electrons. The number of nitrogens with zero attached hydrogens (tertiary/aromatic N) is 3. The molecule has 0 amide bonds. The van der Waals surface area contributed by atoms with E-state index in [2.05, 4.69) is 52.9 Å². The Kier molecular flexibility index (Phi) is 7.40. The monoisotopic (exact) mass is 316 g/mol. The lowest BCUT2D eigenvalue weighted by molar-refractivity contribution is 0.276. The standard InChI is InChI=1S/C19H32N4/c1-3-23(4-2)19(20)21-15-17-11-7-8-12-18(17)16-22-13-9-5-6-10-14-22/h7-8,11-12H,3-6,9-10,13-16H2,1-2H3,(H2,20,21). The largest absolute Gasteiger partial charge is 0.370 e. The summed E-state index contributed by atoms with van der Waals surface area (Å²) in [5.74, 6) is 0.652. The summed E-state index contributed by atoms with van der Waals surface area (Å²) in [6.45, 7) is 10.2. The van der Waals surface area contributed by atoms with Gasteiger partial charge in [-0.05, 0) is 50.9 Å². The second kappa shape index (κ2) is 9.56. The lowest BCUT2D eigenvalue weighted by Crippen LogP contribution is -2.37. The van der Waals surface area contributed by atoms with Crippen molar-refractivity contribution in [1.29, 1.82) is 0 Å². The molecule has 23 heavy (non-hydrogen) atoms. The molecule has 1 aromatic carbocycles. The summed E-state index contributed by atoms with van der Waals surface area (Å²) in [5, 5.41) is 0. The Hall–Kier alpha value is -1.55. The molecule has 2 N–H and O–H groups in total. The maximum absolute atomic E-state index is 6.11. The topological polar surface area (TPSA) is 44.9 Å². The molecule has 0 unspecified atom stereocenters. The SMILES string of the molecule is CCN(CC)C(N)=NCc1ccccc1CN1CCCCCC1. The van der Waals surface area contributed by atoms with E-state index in [1.54, 1.807) is 0 Å². The Labute approximate surface area is 141 Å². The van der Waals surface area contributed by atoms with Crippen LogP contribution in [0.5, 0.6) is 0 Å². The fourth-order valence-corrected chi connectivity index (χ4v) is 3.21. The van der Waals surface area contributed by atoms with Crippen LogP contribution in [0.1, 0.15) is 50.7 Å². The van der Waals surface area contributed by atoms with Crippen LogP contribution in [0.15, 0.2) is 29.3 Å². The molecule has 4 nitrogen and oxygen atoms in total. The van der Waals surface area contributed by atoms with Gasteiger partial charge in [-0.25, -0.2) is 4.99 Å². The van der Waals surface area contributed by atoms with Gasteiger partial charge in [0.2, 0.25) is 0 Å². The molecule has 128 valence electrons. The Morgan fingerprint density at radius 2 is 1.65 bits per heavy atom. The lowest BCUT2D eigenvalue weighted by Gasteiger charge is -2.22. The maximum Gasteiger partial charge on any atom is 0.191 e. The molecule has 1 heterocycles. The predicted octanol–water partition coefficient (Wildman–Crippen LogP) is 3.22. The first-order valence-electron chi connectivity index (χ1n) is 9.08. The first-order valence-corrected chi connectivity index (χ1v) is 9.08. The molecule has 1 fully saturated rings. The average Bonchev–Trinajstić information content (AvgIpc) is 2.84. The fraction of sp³-hybridized carbons (Fsp3) is 0.632. The summed E-state index contributed by atoms with van der Waals surface area (Å²) in [5.41, 5.74) is 8.80. The number of benzene rings is 1. The van der Waals surface area contributed by atoms with Crippen LogP contribution in [0.25, 0.3) is 0 Å². The van der Waals surface area contributed by atoms with Crippen molar-refractivity contribution in [2.75, 3.05) is 26.2 Å². The van der Waals surface area contributed by atoms with Crippen molar-refractivity contribution in [3.63, 3.8) is 0 Å². The molecule has 0 spiro atoms. The van der Waals surface area contributed by atoms with Crippen molar-refractivity contribution in [3.05, 3.63) is 35.4 Å². The lowest BCUT2D eigenvalue weighted by atomic mass is 10.1. The van der Waals surface area contributed by atoms with Gasteiger partial charge < -0.3 is 10.6 Å². The average molecular weight is 316 g/mol. The minimum absolute atomic E-state index is 0.652. The van der Waals surface area contributed by atoms with Crippen LogP contribution in [0.4, 0.5) is 0 Å². The summed E-state index contributed by atoms with van der Waals surface area (Å²) in [6, 6.07) is 8.66. The number of guanidine groups is 1. The Morgan fingerprint density at radius 3 is 2.26 bits per heavy atom. The van der Waals surface area contributed by atoms with Gasteiger partial charge in [0.1, 0.15) is 0 Å². The number of nitrogens with two attached hydrogens (primary N) is 1. The van der Waals surface area contributed by atoms with Gasteiger partial charge in [-0.2, -0.15) is 0 Å². The second-order valence-electron chi connectivity index (χ2n) is 6.31. The van der Waals surface area contributed by atoms with Gasteiger partial charge in [0.15, 0.2) is 5.96 Å². The number of rotatable bonds is 6. The van der Waals surface area contributed by atoms with Crippen LogP contribution in [0, 0.1) is 0 Å². The van der Waals surface area contributed by atoms with Crippen molar-refractivity contribution in [1.82, 2.24) is 9.80 Å². The zero-order valence-electron chi connectivity index (χ0n) is 14.8. The predicted molar refractivity (Wildman–Crippen MR) is 98.4 cm³/mol. The van der Waals surface area contributed by atoms with Gasteiger partial charge in [0.05, 0.1) is 6.54 Å². The van der Waals surface area contributed by atoms with Gasteiger partial charge in [-0.3, -0.25) is 4.90 Å². The van der Waals surface area contributed by atoms with Gasteiger partial charge in [-0.1, -0.05) is 37.1 Å². The van der Waals surface area contributed by atoms with E-state index >= 15 is 0 Å². The van der Waals surface area contributed by atoms with E-state index in [9.17, 15) is 0 Å². The smallest absolute Gasteiger partial charge is 0.191 e. The second-order valence-corrected chi connectivity index (χ2v) is 6.31. The first-order chi connectivity index (χ1) is 11.2. The van der Waals surface area contributed by atoms with E-state index in [-0.39, 0.29) is 0 Å². The van der Waals surface area contributed by atoms with E-state index in [4.69, 9.17) is 5.73 Å². The fourth-order valence-electron chi connectivity index (χ4n) is 3.21. The molecule has 0 aromatic heterocycles. The van der Waals surface area contributed by atoms with Crippen LogP contribution in [0.3, 0.4) is 0 Å². The zero-order valence-corrected chi connectivity index (χ0v) is 14.8. The molecule has 0 bridgehead atoms. The highest BCUT2D eigenvalue weighted by Gasteiger charge is 2.11. The Bertz CT molecular complexity index is 486. The molecular weight excluding hydrogens is 284 g/mol. The summed E-state index contributed by atoms with van der Waals surface area (Å²) < 4.78 is 0. The zero-order chi connectivity index (χ0) is 16.5. The minimum Gasteiger partial charge on any atom is -0.370 e. The first kappa shape index (κ1) is 17.8. The van der Waals surface area contributed by atoms with E-state index in [1.165, 1.54) is 49.9 Å². The normalized spacial score (nSPS) is 17.0. The Morgan fingerprint density at radius 1 is 1.04 bits per heavy atom. The number of hydrogen-bond acceptors (Lipinski definition) is 2. The van der Waals surface area contributed by atoms with Crippen molar-refractivity contribution in [2.24, 2.45) is 10.7 Å². The summed E-state index contributed by atoms with van der Waals surface area (Å²) in [4.78, 5) is 9.29. The Balaban J connectivity index is 2.03. The van der Waals surface area contributed by atoms with Gasteiger partial charge >= 0.3 is 0 Å².